The van der Waals surface area contributed by atoms with Gasteiger partial charge in [0.15, 0.2) is 17.0 Å². The van der Waals surface area contributed by atoms with Crippen LogP contribution in [0.1, 0.15) is 134 Å². The molecule has 0 radical (unpaired) electrons. The number of nitriles is 2. The molecule has 618 valence electrons. The molecule has 0 bridgehead atoms. The Morgan fingerprint density at radius 2 is 1.22 bits per heavy atom. The van der Waals surface area contributed by atoms with Gasteiger partial charge in [0, 0.05) is 69.2 Å². The molecular weight excluding hydrogens is 1560 g/mol. The van der Waals surface area contributed by atoms with Crippen molar-refractivity contribution in [2.45, 2.75) is 140 Å². The first kappa shape index (κ1) is 85.6. The topological polar surface area (TPSA) is 338 Å². The fourth-order valence-electron chi connectivity index (χ4n) is 14.8. The summed E-state index contributed by atoms with van der Waals surface area (Å²) in [6, 6.07) is 63.1. The second kappa shape index (κ2) is 40.9. The zero-order valence-corrected chi connectivity index (χ0v) is 68.9. The van der Waals surface area contributed by atoms with Gasteiger partial charge in [-0.1, -0.05) is 146 Å². The van der Waals surface area contributed by atoms with E-state index >= 15 is 0 Å². The van der Waals surface area contributed by atoms with E-state index in [4.69, 9.17) is 56.0 Å². The summed E-state index contributed by atoms with van der Waals surface area (Å²) < 4.78 is 77.5. The SMILES string of the molecule is COc1ccc(C(OC[C@H]2O[C@@H](n3cnc4c(NC(=O)c5ccc(CNC(=O)Cc6ccccc6)cc5)ncnc43)C[C@@H]2OP(OCCC#N)OC[C@H]2O[C@@H](n3ccc(NC(=O)CCCN(C)C(=O)OCC4c5ccccc5-c5ccccc54)nc3=O)C[C@@H]2OP(OCCC#N)N(C(C)C)C(C)C)(c2ccccc2)c2ccc(OC)cc2)cc1. The van der Waals surface area contributed by atoms with Crippen molar-refractivity contribution in [3.05, 3.63) is 262 Å². The fraction of sp³-hybridized carbons (Fsp3) is 0.352. The van der Waals surface area contributed by atoms with Gasteiger partial charge in [-0.25, -0.2) is 29.2 Å². The standard InChI is InChI=1S/C88H95N13O16P2/c1-58(2)101(59(3)4)118(111-47-19-43-89)116-73-50-80(99-46-42-77(96-86(99)105)95-78(102)29-18-45-98(5)87(106)109-53-72-70-27-16-14-25-68(70)69-26-15-17-28-71(69)72)115-76(73)55-113-119(112-48-20-44-90)117-74-51-81(114-75(74)54-110-88(63-23-12-9-13-24-63,64-34-38-66(107-6)39-35-64)65-36-40-67(108-7)41-37-65)100-57-94-82-83(92-56-93-84(82)100)97-85(104)62-32-30-61(31-33-62)52-91-79(103)49-60-21-10-8-11-22-60/h8-17,21-28,30-42,46,56-59,72-76,80-81H,18-20,29,45,47-55H2,1-7H3,(H,91,103)(H,92,93,97,104)(H,95,96,102,105)/t73-,74-,75+,76+,80+,81+,118?,119?/m0/s1. The normalized spacial score (nSPS) is 17.4. The predicted octanol–water partition coefficient (Wildman–Crippen LogP) is 14.6. The Balaban J connectivity index is 0.746. The van der Waals surface area contributed by atoms with Gasteiger partial charge < -0.3 is 71.9 Å². The molecule has 2 aliphatic heterocycles. The molecule has 3 N–H and O–H groups in total. The van der Waals surface area contributed by atoms with Crippen LogP contribution in [0.2, 0.25) is 0 Å². The molecule has 31 heteroatoms. The highest BCUT2D eigenvalue weighted by atomic mass is 31.2. The van der Waals surface area contributed by atoms with Crippen molar-refractivity contribution in [3.63, 3.8) is 0 Å². The first-order valence-electron chi connectivity index (χ1n) is 39.4. The van der Waals surface area contributed by atoms with Crippen molar-refractivity contribution in [2.75, 3.05) is 71.5 Å². The molecule has 7 aromatic carbocycles. The quantitative estimate of drug-likeness (QED) is 0.0183. The van der Waals surface area contributed by atoms with Crippen LogP contribution < -0.4 is 31.1 Å². The molecule has 0 spiro atoms. The molecule has 5 heterocycles. The number of fused-ring (bicyclic) bond motifs is 4. The number of rotatable bonds is 39. The van der Waals surface area contributed by atoms with E-state index in [0.717, 1.165) is 50.1 Å². The fourth-order valence-corrected chi connectivity index (χ4v) is 17.7. The number of hydrogen-bond donors (Lipinski definition) is 3. The average Bonchev–Trinajstić information content (AvgIpc) is 1.77. The molecule has 10 aromatic rings. The Morgan fingerprint density at radius 1 is 0.630 bits per heavy atom. The Morgan fingerprint density at radius 3 is 1.84 bits per heavy atom. The largest absolute Gasteiger partial charge is 0.497 e. The predicted molar refractivity (Wildman–Crippen MR) is 445 cm³/mol. The van der Waals surface area contributed by atoms with Gasteiger partial charge in [-0.2, -0.15) is 15.5 Å². The number of nitrogens with one attached hydrogen (secondary N) is 3. The summed E-state index contributed by atoms with van der Waals surface area (Å²) in [6.45, 7) is 8.22. The van der Waals surface area contributed by atoms with Crippen LogP contribution >= 0.6 is 17.1 Å². The summed E-state index contributed by atoms with van der Waals surface area (Å²) >= 11 is 0. The van der Waals surface area contributed by atoms with Crippen molar-refractivity contribution in [1.82, 2.24) is 44.0 Å². The van der Waals surface area contributed by atoms with Gasteiger partial charge in [-0.3, -0.25) is 23.5 Å². The lowest BCUT2D eigenvalue weighted by Crippen LogP contribution is -2.38. The van der Waals surface area contributed by atoms with Gasteiger partial charge >= 0.3 is 20.4 Å². The van der Waals surface area contributed by atoms with Crippen LogP contribution in [0.3, 0.4) is 0 Å². The smallest absolute Gasteiger partial charge is 0.409 e. The van der Waals surface area contributed by atoms with Gasteiger partial charge in [-0.05, 0) is 127 Å². The van der Waals surface area contributed by atoms with Crippen molar-refractivity contribution in [1.29, 1.82) is 10.5 Å². The van der Waals surface area contributed by atoms with E-state index < -0.39 is 83.2 Å². The number of aromatic nitrogens is 6. The molecule has 2 saturated heterocycles. The average molecular weight is 1650 g/mol. The summed E-state index contributed by atoms with van der Waals surface area (Å²) in [7, 11) is 0.450. The van der Waals surface area contributed by atoms with E-state index in [-0.39, 0.29) is 132 Å². The van der Waals surface area contributed by atoms with E-state index in [2.05, 4.69) is 72.0 Å². The van der Waals surface area contributed by atoms with Crippen molar-refractivity contribution in [3.8, 4) is 34.8 Å². The maximum atomic E-state index is 14.3. The highest BCUT2D eigenvalue weighted by Gasteiger charge is 2.47. The van der Waals surface area contributed by atoms with E-state index in [9.17, 15) is 34.5 Å². The number of amides is 4. The minimum absolute atomic E-state index is 0.000695. The lowest BCUT2D eigenvalue weighted by Gasteiger charge is -2.37. The van der Waals surface area contributed by atoms with Gasteiger partial charge in [0.05, 0.1) is 90.6 Å². The molecule has 3 aliphatic rings. The minimum Gasteiger partial charge on any atom is -0.497 e. The van der Waals surface area contributed by atoms with Gasteiger partial charge in [0.25, 0.3) is 14.4 Å². The molecule has 2 fully saturated rings. The Labute approximate surface area is 692 Å². The molecule has 4 amide bonds. The van der Waals surface area contributed by atoms with Crippen molar-refractivity contribution >= 4 is 63.7 Å². The molecule has 2 unspecified atom stereocenters. The first-order valence-corrected chi connectivity index (χ1v) is 41.6. The molecule has 13 rings (SSSR count). The molecule has 119 heavy (non-hydrogen) atoms. The summed E-state index contributed by atoms with van der Waals surface area (Å²) in [6.07, 6.45) is -1.05. The van der Waals surface area contributed by atoms with E-state index in [1.165, 1.54) is 28.1 Å². The van der Waals surface area contributed by atoms with Gasteiger partial charge in [-0.15, -0.1) is 0 Å². The van der Waals surface area contributed by atoms with Crippen LogP contribution in [0.5, 0.6) is 11.5 Å². The van der Waals surface area contributed by atoms with E-state index in [0.29, 0.717) is 22.7 Å². The Bertz CT molecular complexity index is 5130. The highest BCUT2D eigenvalue weighted by Crippen LogP contribution is 2.53. The van der Waals surface area contributed by atoms with Gasteiger partial charge in [0.2, 0.25) is 11.8 Å². The Kier molecular flexibility index (Phi) is 29.4. The maximum absolute atomic E-state index is 14.3. The minimum atomic E-state index is -2.46. The zero-order chi connectivity index (χ0) is 83.4. The number of anilines is 2. The lowest BCUT2D eigenvalue weighted by molar-refractivity contribution is -0.120. The van der Waals surface area contributed by atoms with Crippen molar-refractivity contribution in [2.24, 2.45) is 0 Å². The molecule has 8 atom stereocenters. The van der Waals surface area contributed by atoms with E-state index in [1.54, 1.807) is 56.4 Å². The maximum Gasteiger partial charge on any atom is 0.409 e. The molecule has 1 aliphatic carbocycles. The van der Waals surface area contributed by atoms with Crippen LogP contribution in [0.4, 0.5) is 16.4 Å². The lowest BCUT2D eigenvalue weighted by atomic mass is 9.80. The number of hydrogen-bond acceptors (Lipinski definition) is 23. The third-order valence-corrected chi connectivity index (χ3v) is 24.0. The highest BCUT2D eigenvalue weighted by molar-refractivity contribution is 7.44. The van der Waals surface area contributed by atoms with Crippen LogP contribution in [-0.2, 0) is 69.7 Å². The molecular formula is C88H95N13O16P2. The number of ether oxygens (including phenoxy) is 6. The summed E-state index contributed by atoms with van der Waals surface area (Å²) in [4.78, 5) is 87.5. The number of imidazole rings is 1. The molecule has 0 saturated carbocycles. The van der Waals surface area contributed by atoms with Crippen LogP contribution in [-0.4, -0.2) is 160 Å². The van der Waals surface area contributed by atoms with Crippen molar-refractivity contribution < 1.29 is 70.2 Å². The van der Waals surface area contributed by atoms with E-state index in [1.807, 2.05) is 161 Å². The molecule has 3 aromatic heterocycles. The molecule has 29 nitrogen and oxygen atoms in total. The monoisotopic (exact) mass is 1650 g/mol. The second-order valence-corrected chi connectivity index (χ2v) is 31.7. The van der Waals surface area contributed by atoms with Gasteiger partial charge in [0.1, 0.15) is 60.5 Å². The summed E-state index contributed by atoms with van der Waals surface area (Å²) in [5, 5.41) is 28.2. The van der Waals surface area contributed by atoms with Crippen LogP contribution in [0.15, 0.2) is 212 Å². The first-order chi connectivity index (χ1) is 57.9. The third-order valence-electron chi connectivity index (χ3n) is 20.6. The van der Waals surface area contributed by atoms with Crippen LogP contribution in [0, 0.1) is 22.7 Å². The van der Waals surface area contributed by atoms with Crippen LogP contribution in [0.25, 0.3) is 22.3 Å². The second-order valence-electron chi connectivity index (χ2n) is 29.2. The zero-order valence-electron chi connectivity index (χ0n) is 67.1. The number of carbonyl (C=O) groups is 4. The third kappa shape index (κ3) is 21.1. The number of benzene rings is 7. The number of carbonyl (C=O) groups excluding carboxylic acids is 4. The Hall–Kier alpha value is -11.3. The summed E-state index contributed by atoms with van der Waals surface area (Å²) in [5.41, 5.74) is 7.20. The number of methoxy groups -OCH3 is 2. The summed E-state index contributed by atoms with van der Waals surface area (Å²) in [5.74, 6) is 0.229. The number of nitrogens with zero attached hydrogens (tertiary/aromatic N) is 10.